The Labute approximate surface area is 115 Å². The molecule has 1 N–H and O–H groups in total. The SMILES string of the molecule is COc1cc(C(=O)N[C@H]2CCCC[C@@H]2C)ccc1C. The molecule has 0 aromatic heterocycles. The highest BCUT2D eigenvalue weighted by Crippen LogP contribution is 2.24. The number of methoxy groups -OCH3 is 1. The molecule has 0 spiro atoms. The number of benzene rings is 1. The second-order valence-electron chi connectivity index (χ2n) is 5.53. The van der Waals surface area contributed by atoms with Crippen LogP contribution in [0.5, 0.6) is 5.75 Å². The first-order valence-electron chi connectivity index (χ1n) is 7.07. The number of carbonyl (C=O) groups excluding carboxylic acids is 1. The van der Waals surface area contributed by atoms with Gasteiger partial charge < -0.3 is 10.1 Å². The van der Waals surface area contributed by atoms with Gasteiger partial charge in [0.05, 0.1) is 7.11 Å². The van der Waals surface area contributed by atoms with Crippen molar-refractivity contribution in [2.45, 2.75) is 45.6 Å². The average Bonchev–Trinajstić information content (AvgIpc) is 2.42. The van der Waals surface area contributed by atoms with E-state index in [1.54, 1.807) is 7.11 Å². The van der Waals surface area contributed by atoms with Crippen LogP contribution in [0.3, 0.4) is 0 Å². The van der Waals surface area contributed by atoms with Crippen LogP contribution in [0, 0.1) is 12.8 Å². The lowest BCUT2D eigenvalue weighted by Gasteiger charge is -2.29. The molecule has 19 heavy (non-hydrogen) atoms. The van der Waals surface area contributed by atoms with Crippen molar-refractivity contribution in [3.63, 3.8) is 0 Å². The summed E-state index contributed by atoms with van der Waals surface area (Å²) in [4.78, 5) is 12.3. The summed E-state index contributed by atoms with van der Waals surface area (Å²) in [5.74, 6) is 1.35. The van der Waals surface area contributed by atoms with Crippen molar-refractivity contribution in [2.75, 3.05) is 7.11 Å². The van der Waals surface area contributed by atoms with Crippen molar-refractivity contribution in [1.82, 2.24) is 5.32 Å². The van der Waals surface area contributed by atoms with E-state index in [1.807, 2.05) is 25.1 Å². The molecule has 0 bridgehead atoms. The highest BCUT2D eigenvalue weighted by molar-refractivity contribution is 5.94. The van der Waals surface area contributed by atoms with E-state index in [0.717, 1.165) is 17.7 Å². The molecule has 0 aliphatic heterocycles. The highest BCUT2D eigenvalue weighted by atomic mass is 16.5. The number of nitrogens with one attached hydrogen (secondary N) is 1. The summed E-state index contributed by atoms with van der Waals surface area (Å²) in [5, 5.41) is 3.16. The maximum absolute atomic E-state index is 12.3. The minimum absolute atomic E-state index is 0.0112. The van der Waals surface area contributed by atoms with Gasteiger partial charge in [0.15, 0.2) is 0 Å². The van der Waals surface area contributed by atoms with E-state index in [2.05, 4.69) is 12.2 Å². The maximum atomic E-state index is 12.3. The molecule has 0 unspecified atom stereocenters. The minimum atomic E-state index is 0.0112. The summed E-state index contributed by atoms with van der Waals surface area (Å²) in [6.45, 7) is 4.20. The fourth-order valence-electron chi connectivity index (χ4n) is 2.74. The van der Waals surface area contributed by atoms with Gasteiger partial charge in [-0.15, -0.1) is 0 Å². The fourth-order valence-corrected chi connectivity index (χ4v) is 2.74. The summed E-state index contributed by atoms with van der Waals surface area (Å²) in [7, 11) is 1.63. The molecular formula is C16H23NO2. The normalized spacial score (nSPS) is 22.9. The Kier molecular flexibility index (Phi) is 4.46. The molecule has 1 aliphatic rings. The molecule has 1 saturated carbocycles. The van der Waals surface area contributed by atoms with Crippen LogP contribution in [0.1, 0.15) is 48.5 Å². The second kappa shape index (κ2) is 6.09. The number of amides is 1. The lowest BCUT2D eigenvalue weighted by Crippen LogP contribution is -2.41. The van der Waals surface area contributed by atoms with Crippen molar-refractivity contribution in [1.29, 1.82) is 0 Å². The monoisotopic (exact) mass is 261 g/mol. The predicted octanol–water partition coefficient (Wildman–Crippen LogP) is 3.31. The van der Waals surface area contributed by atoms with Crippen molar-refractivity contribution in [3.05, 3.63) is 29.3 Å². The number of hydrogen-bond donors (Lipinski definition) is 1. The molecule has 1 aromatic rings. The molecule has 1 amide bonds. The predicted molar refractivity (Wildman–Crippen MR) is 76.6 cm³/mol. The first kappa shape index (κ1) is 13.9. The Morgan fingerprint density at radius 3 is 2.74 bits per heavy atom. The molecule has 1 aromatic carbocycles. The van der Waals surface area contributed by atoms with E-state index in [9.17, 15) is 4.79 Å². The highest BCUT2D eigenvalue weighted by Gasteiger charge is 2.23. The number of rotatable bonds is 3. The van der Waals surface area contributed by atoms with Crippen molar-refractivity contribution >= 4 is 5.91 Å². The van der Waals surface area contributed by atoms with E-state index in [4.69, 9.17) is 4.74 Å². The molecule has 2 rings (SSSR count). The maximum Gasteiger partial charge on any atom is 0.251 e. The van der Waals surface area contributed by atoms with E-state index in [0.29, 0.717) is 17.5 Å². The number of ether oxygens (including phenoxy) is 1. The van der Waals surface area contributed by atoms with Gasteiger partial charge in [0.25, 0.3) is 5.91 Å². The van der Waals surface area contributed by atoms with Crippen LogP contribution >= 0.6 is 0 Å². The number of carbonyl (C=O) groups is 1. The van der Waals surface area contributed by atoms with Crippen LogP contribution in [-0.2, 0) is 0 Å². The molecular weight excluding hydrogens is 238 g/mol. The van der Waals surface area contributed by atoms with Crippen LogP contribution in [0.2, 0.25) is 0 Å². The molecule has 0 saturated heterocycles. The third-order valence-corrected chi connectivity index (χ3v) is 4.10. The summed E-state index contributed by atoms with van der Waals surface area (Å²) >= 11 is 0. The van der Waals surface area contributed by atoms with E-state index < -0.39 is 0 Å². The Bertz CT molecular complexity index is 456. The van der Waals surface area contributed by atoms with Gasteiger partial charge in [-0.2, -0.15) is 0 Å². The smallest absolute Gasteiger partial charge is 0.251 e. The molecule has 1 aliphatic carbocycles. The number of hydrogen-bond acceptors (Lipinski definition) is 2. The first-order valence-corrected chi connectivity index (χ1v) is 7.07. The van der Waals surface area contributed by atoms with E-state index >= 15 is 0 Å². The quantitative estimate of drug-likeness (QED) is 0.906. The Morgan fingerprint density at radius 1 is 1.32 bits per heavy atom. The van der Waals surface area contributed by atoms with Crippen molar-refractivity contribution in [2.24, 2.45) is 5.92 Å². The third kappa shape index (κ3) is 3.28. The van der Waals surface area contributed by atoms with Gasteiger partial charge >= 0.3 is 0 Å². The van der Waals surface area contributed by atoms with Crippen LogP contribution in [0.4, 0.5) is 0 Å². The summed E-state index contributed by atoms with van der Waals surface area (Å²) in [6, 6.07) is 5.92. The largest absolute Gasteiger partial charge is 0.496 e. The summed E-state index contributed by atoms with van der Waals surface area (Å²) < 4.78 is 5.27. The van der Waals surface area contributed by atoms with Gasteiger partial charge in [-0.1, -0.05) is 25.8 Å². The van der Waals surface area contributed by atoms with Crippen LogP contribution < -0.4 is 10.1 Å². The van der Waals surface area contributed by atoms with Crippen molar-refractivity contribution < 1.29 is 9.53 Å². The minimum Gasteiger partial charge on any atom is -0.496 e. The molecule has 1 fully saturated rings. The Balaban J connectivity index is 2.07. The van der Waals surface area contributed by atoms with E-state index in [-0.39, 0.29) is 5.91 Å². The molecule has 0 heterocycles. The molecule has 104 valence electrons. The zero-order chi connectivity index (χ0) is 13.8. The van der Waals surface area contributed by atoms with Gasteiger partial charge in [-0.05, 0) is 43.4 Å². The summed E-state index contributed by atoms with van der Waals surface area (Å²) in [5.41, 5.74) is 1.73. The average molecular weight is 261 g/mol. The molecule has 2 atom stereocenters. The van der Waals surface area contributed by atoms with Gasteiger partial charge in [0.1, 0.15) is 5.75 Å². The zero-order valence-electron chi connectivity index (χ0n) is 12.0. The van der Waals surface area contributed by atoms with Gasteiger partial charge in [-0.25, -0.2) is 0 Å². The van der Waals surface area contributed by atoms with Crippen LogP contribution in [-0.4, -0.2) is 19.1 Å². The second-order valence-corrected chi connectivity index (χ2v) is 5.53. The van der Waals surface area contributed by atoms with Crippen molar-refractivity contribution in [3.8, 4) is 5.75 Å². The van der Waals surface area contributed by atoms with Crippen LogP contribution in [0.25, 0.3) is 0 Å². The third-order valence-electron chi connectivity index (χ3n) is 4.10. The first-order chi connectivity index (χ1) is 9.11. The van der Waals surface area contributed by atoms with Gasteiger partial charge in [0, 0.05) is 11.6 Å². The van der Waals surface area contributed by atoms with Gasteiger partial charge in [0.2, 0.25) is 0 Å². The van der Waals surface area contributed by atoms with Crippen LogP contribution in [0.15, 0.2) is 18.2 Å². The molecule has 3 nitrogen and oxygen atoms in total. The van der Waals surface area contributed by atoms with E-state index in [1.165, 1.54) is 19.3 Å². The Morgan fingerprint density at radius 2 is 2.05 bits per heavy atom. The Hall–Kier alpha value is -1.51. The number of aryl methyl sites for hydroxylation is 1. The molecule has 3 heteroatoms. The lowest BCUT2D eigenvalue weighted by molar-refractivity contribution is 0.0910. The lowest BCUT2D eigenvalue weighted by atomic mass is 9.86. The zero-order valence-corrected chi connectivity index (χ0v) is 12.0. The fraction of sp³-hybridized carbons (Fsp3) is 0.562. The standard InChI is InChI=1S/C16H23NO2/c1-11-6-4-5-7-14(11)17-16(18)13-9-8-12(2)15(10-13)19-3/h8-11,14H,4-7H2,1-3H3,(H,17,18)/t11-,14-/m0/s1. The summed E-state index contributed by atoms with van der Waals surface area (Å²) in [6.07, 6.45) is 4.80. The topological polar surface area (TPSA) is 38.3 Å². The molecule has 0 radical (unpaired) electrons. The van der Waals surface area contributed by atoms with Gasteiger partial charge in [-0.3, -0.25) is 4.79 Å².